The molecule has 0 bridgehead atoms. The molecule has 0 fully saturated rings. The molecule has 1 atom stereocenters. The Labute approximate surface area is 132 Å². The van der Waals surface area contributed by atoms with E-state index in [0.29, 0.717) is 0 Å². The summed E-state index contributed by atoms with van der Waals surface area (Å²) in [5.74, 6) is 0.686. The monoisotopic (exact) mass is 305 g/mol. The summed E-state index contributed by atoms with van der Waals surface area (Å²) in [7, 11) is 0. The molecule has 1 aliphatic heterocycles. The Morgan fingerprint density at radius 3 is 3.09 bits per heavy atom. The predicted octanol–water partition coefficient (Wildman–Crippen LogP) is 3.69. The summed E-state index contributed by atoms with van der Waals surface area (Å²) < 4.78 is 5.12. The Bertz CT molecular complexity index is 943. The Morgan fingerprint density at radius 2 is 2.26 bits per heavy atom. The normalized spacial score (nSPS) is 17.0. The first kappa shape index (κ1) is 13.6. The molecule has 114 valence electrons. The van der Waals surface area contributed by atoms with Crippen LogP contribution in [0.2, 0.25) is 0 Å². The standard InChI is InChI=1S/C17H15N5O/c1-2-4-14-11(7-18)16(12-8-19-21-17(12)20-14)10-5-3-6-15-13(10)9-23-22-15/h3,5-6,8-9,16H,2,4H2,1H3,(H2,19,20,21). The molecular formula is C17H15N5O. The van der Waals surface area contributed by atoms with Gasteiger partial charge < -0.3 is 9.84 Å². The number of anilines is 1. The van der Waals surface area contributed by atoms with Crippen molar-refractivity contribution in [3.8, 4) is 6.07 Å². The van der Waals surface area contributed by atoms with Crippen molar-refractivity contribution in [2.75, 3.05) is 5.32 Å². The highest BCUT2D eigenvalue weighted by Crippen LogP contribution is 2.43. The fraction of sp³-hybridized carbons (Fsp3) is 0.235. The molecule has 23 heavy (non-hydrogen) atoms. The first-order valence-electron chi connectivity index (χ1n) is 7.60. The smallest absolute Gasteiger partial charge is 0.131 e. The van der Waals surface area contributed by atoms with Gasteiger partial charge in [0, 0.05) is 16.6 Å². The van der Waals surface area contributed by atoms with E-state index in [1.54, 1.807) is 12.5 Å². The van der Waals surface area contributed by atoms with Crippen molar-refractivity contribution >= 4 is 16.7 Å². The van der Waals surface area contributed by atoms with Gasteiger partial charge in [-0.1, -0.05) is 30.6 Å². The molecule has 3 heterocycles. The number of H-pyrrole nitrogens is 1. The van der Waals surface area contributed by atoms with Crippen LogP contribution in [0, 0.1) is 11.3 Å². The molecule has 3 aromatic rings. The van der Waals surface area contributed by atoms with E-state index in [1.807, 2.05) is 18.2 Å². The molecule has 0 radical (unpaired) electrons. The number of hydrogen-bond acceptors (Lipinski definition) is 5. The van der Waals surface area contributed by atoms with Gasteiger partial charge in [0.05, 0.1) is 23.8 Å². The number of benzene rings is 1. The lowest BCUT2D eigenvalue weighted by Gasteiger charge is -2.26. The second kappa shape index (κ2) is 5.29. The Kier molecular flexibility index (Phi) is 3.12. The highest BCUT2D eigenvalue weighted by molar-refractivity contribution is 5.84. The molecule has 1 aliphatic rings. The number of rotatable bonds is 3. The van der Waals surface area contributed by atoms with E-state index in [1.165, 1.54) is 0 Å². The number of hydrogen-bond donors (Lipinski definition) is 2. The topological polar surface area (TPSA) is 90.5 Å². The molecule has 1 aromatic carbocycles. The van der Waals surface area contributed by atoms with Crippen molar-refractivity contribution < 1.29 is 4.52 Å². The minimum Gasteiger partial charge on any atom is -0.363 e. The van der Waals surface area contributed by atoms with E-state index in [4.69, 9.17) is 4.52 Å². The second-order valence-corrected chi connectivity index (χ2v) is 5.61. The fourth-order valence-electron chi connectivity index (χ4n) is 3.23. The minimum absolute atomic E-state index is 0.167. The summed E-state index contributed by atoms with van der Waals surface area (Å²) in [6.45, 7) is 2.10. The second-order valence-electron chi connectivity index (χ2n) is 5.61. The zero-order valence-corrected chi connectivity index (χ0v) is 12.6. The maximum atomic E-state index is 9.79. The van der Waals surface area contributed by atoms with E-state index in [0.717, 1.165) is 52.0 Å². The van der Waals surface area contributed by atoms with Crippen LogP contribution in [0.25, 0.3) is 10.9 Å². The third kappa shape index (κ3) is 2.01. The molecule has 0 aliphatic carbocycles. The van der Waals surface area contributed by atoms with Gasteiger partial charge >= 0.3 is 0 Å². The highest BCUT2D eigenvalue weighted by Gasteiger charge is 2.32. The summed E-state index contributed by atoms with van der Waals surface area (Å²) in [6.07, 6.45) is 5.19. The molecule has 0 saturated heterocycles. The molecule has 6 heteroatoms. The van der Waals surface area contributed by atoms with Crippen LogP contribution in [0.15, 0.2) is 46.5 Å². The SMILES string of the molecule is CCCC1=C(C#N)C(c2cccc3nocc23)c2cn[nH]c2N1. The van der Waals surface area contributed by atoms with Crippen molar-refractivity contribution in [3.63, 3.8) is 0 Å². The molecule has 6 nitrogen and oxygen atoms in total. The molecule has 0 amide bonds. The summed E-state index contributed by atoms with van der Waals surface area (Å²) in [4.78, 5) is 0. The van der Waals surface area contributed by atoms with Crippen LogP contribution < -0.4 is 5.32 Å². The van der Waals surface area contributed by atoms with Gasteiger partial charge in [-0.25, -0.2) is 0 Å². The van der Waals surface area contributed by atoms with Crippen LogP contribution in [0.5, 0.6) is 0 Å². The van der Waals surface area contributed by atoms with E-state index in [9.17, 15) is 5.26 Å². The van der Waals surface area contributed by atoms with Crippen LogP contribution in [0.1, 0.15) is 36.8 Å². The van der Waals surface area contributed by atoms with E-state index in [-0.39, 0.29) is 5.92 Å². The molecule has 4 rings (SSSR count). The van der Waals surface area contributed by atoms with Crippen LogP contribution >= 0.6 is 0 Å². The van der Waals surface area contributed by atoms with Crippen LogP contribution in [-0.4, -0.2) is 15.4 Å². The minimum atomic E-state index is -0.167. The van der Waals surface area contributed by atoms with Gasteiger partial charge in [0.15, 0.2) is 0 Å². The van der Waals surface area contributed by atoms with Gasteiger partial charge in [0.2, 0.25) is 0 Å². The average molecular weight is 305 g/mol. The van der Waals surface area contributed by atoms with E-state index < -0.39 is 0 Å². The Balaban J connectivity index is 1.98. The van der Waals surface area contributed by atoms with Crippen molar-refractivity contribution in [1.82, 2.24) is 15.4 Å². The van der Waals surface area contributed by atoms with Gasteiger partial charge in [-0.2, -0.15) is 10.4 Å². The predicted molar refractivity (Wildman–Crippen MR) is 85.6 cm³/mol. The van der Waals surface area contributed by atoms with Crippen LogP contribution in [0.4, 0.5) is 5.82 Å². The average Bonchev–Trinajstić information content (AvgIpc) is 3.22. The number of aromatic amines is 1. The van der Waals surface area contributed by atoms with Gasteiger partial charge in [0.25, 0.3) is 0 Å². The molecule has 1 unspecified atom stereocenters. The number of nitrogens with one attached hydrogen (secondary N) is 2. The maximum Gasteiger partial charge on any atom is 0.131 e. The first-order valence-corrected chi connectivity index (χ1v) is 7.60. The van der Waals surface area contributed by atoms with Gasteiger partial charge in [-0.15, -0.1) is 0 Å². The summed E-state index contributed by atoms with van der Waals surface area (Å²) in [5, 5.41) is 25.2. The van der Waals surface area contributed by atoms with E-state index in [2.05, 4.69) is 33.7 Å². The highest BCUT2D eigenvalue weighted by atomic mass is 16.5. The third-order valence-electron chi connectivity index (χ3n) is 4.24. The summed E-state index contributed by atoms with van der Waals surface area (Å²) in [5.41, 5.74) is 4.45. The van der Waals surface area contributed by atoms with Crippen molar-refractivity contribution in [1.29, 1.82) is 5.26 Å². The Morgan fingerprint density at radius 1 is 1.35 bits per heavy atom. The zero-order chi connectivity index (χ0) is 15.8. The van der Waals surface area contributed by atoms with E-state index >= 15 is 0 Å². The van der Waals surface area contributed by atoms with Crippen molar-refractivity contribution in [2.24, 2.45) is 0 Å². The van der Waals surface area contributed by atoms with Crippen LogP contribution in [-0.2, 0) is 0 Å². The molecule has 0 saturated carbocycles. The quantitative estimate of drug-likeness (QED) is 0.770. The largest absolute Gasteiger partial charge is 0.363 e. The summed E-state index contributed by atoms with van der Waals surface area (Å²) >= 11 is 0. The van der Waals surface area contributed by atoms with Crippen molar-refractivity contribution in [3.05, 3.63) is 53.1 Å². The zero-order valence-electron chi connectivity index (χ0n) is 12.6. The first-order chi connectivity index (χ1) is 11.3. The lowest BCUT2D eigenvalue weighted by Crippen LogP contribution is -2.18. The fourth-order valence-corrected chi connectivity index (χ4v) is 3.23. The molecule has 0 spiro atoms. The number of allylic oxidation sites excluding steroid dienone is 2. The summed E-state index contributed by atoms with van der Waals surface area (Å²) in [6, 6.07) is 8.27. The number of nitriles is 1. The number of aromatic nitrogens is 3. The number of nitrogens with zero attached hydrogens (tertiary/aromatic N) is 3. The number of fused-ring (bicyclic) bond motifs is 2. The van der Waals surface area contributed by atoms with Crippen molar-refractivity contribution in [2.45, 2.75) is 25.7 Å². The van der Waals surface area contributed by atoms with Gasteiger partial charge in [-0.05, 0) is 18.1 Å². The third-order valence-corrected chi connectivity index (χ3v) is 4.24. The van der Waals surface area contributed by atoms with Gasteiger partial charge in [0.1, 0.15) is 17.6 Å². The maximum absolute atomic E-state index is 9.79. The van der Waals surface area contributed by atoms with Gasteiger partial charge in [-0.3, -0.25) is 5.10 Å². The van der Waals surface area contributed by atoms with Crippen LogP contribution in [0.3, 0.4) is 0 Å². The molecule has 2 aromatic heterocycles. The molecule has 2 N–H and O–H groups in total. The Hall–Kier alpha value is -3.07. The lowest BCUT2D eigenvalue weighted by molar-refractivity contribution is 0.428. The molecular weight excluding hydrogens is 290 g/mol. The lowest BCUT2D eigenvalue weighted by atomic mass is 9.81.